The van der Waals surface area contributed by atoms with Crippen molar-refractivity contribution in [3.05, 3.63) is 53.8 Å². The SMILES string of the molecule is CCCCCCCCCc1ccc(-c2ccc(OC)c(F)c2)cc1. The first-order valence-electron chi connectivity index (χ1n) is 9.17. The second kappa shape index (κ2) is 10.1. The second-order valence-electron chi connectivity index (χ2n) is 6.42. The lowest BCUT2D eigenvalue weighted by atomic mass is 10.0. The van der Waals surface area contributed by atoms with Crippen LogP contribution in [-0.4, -0.2) is 7.11 Å². The third-order valence-electron chi connectivity index (χ3n) is 4.51. The first kappa shape index (κ1) is 18.5. The molecule has 0 bridgehead atoms. The lowest BCUT2D eigenvalue weighted by molar-refractivity contribution is 0.386. The van der Waals surface area contributed by atoms with Crippen molar-refractivity contribution in [3.63, 3.8) is 0 Å². The summed E-state index contributed by atoms with van der Waals surface area (Å²) >= 11 is 0. The Morgan fingerprint density at radius 2 is 1.42 bits per heavy atom. The molecule has 0 unspecified atom stereocenters. The molecule has 0 aromatic heterocycles. The fourth-order valence-corrected chi connectivity index (χ4v) is 3.00. The molecule has 0 aliphatic carbocycles. The second-order valence-corrected chi connectivity index (χ2v) is 6.42. The van der Waals surface area contributed by atoms with Crippen LogP contribution in [0.2, 0.25) is 0 Å². The van der Waals surface area contributed by atoms with Crippen LogP contribution in [0.1, 0.15) is 57.4 Å². The number of rotatable bonds is 10. The van der Waals surface area contributed by atoms with Crippen LogP contribution < -0.4 is 4.74 Å². The van der Waals surface area contributed by atoms with E-state index in [1.165, 1.54) is 63.7 Å². The van der Waals surface area contributed by atoms with E-state index in [4.69, 9.17) is 4.74 Å². The zero-order valence-electron chi connectivity index (χ0n) is 15.0. The van der Waals surface area contributed by atoms with Gasteiger partial charge in [0.2, 0.25) is 0 Å². The Kier molecular flexibility index (Phi) is 7.81. The van der Waals surface area contributed by atoms with E-state index in [0.29, 0.717) is 0 Å². The minimum absolute atomic E-state index is 0.286. The van der Waals surface area contributed by atoms with Gasteiger partial charge in [-0.3, -0.25) is 0 Å². The molecule has 0 aliphatic rings. The zero-order valence-corrected chi connectivity index (χ0v) is 15.0. The number of benzene rings is 2. The normalized spacial score (nSPS) is 10.8. The van der Waals surface area contributed by atoms with Crippen LogP contribution in [0.25, 0.3) is 11.1 Å². The highest BCUT2D eigenvalue weighted by Crippen LogP contribution is 2.26. The zero-order chi connectivity index (χ0) is 17.2. The summed E-state index contributed by atoms with van der Waals surface area (Å²) in [6.45, 7) is 2.25. The number of hydrogen-bond acceptors (Lipinski definition) is 1. The Morgan fingerprint density at radius 1 is 0.792 bits per heavy atom. The van der Waals surface area contributed by atoms with E-state index < -0.39 is 0 Å². The van der Waals surface area contributed by atoms with Crippen molar-refractivity contribution in [2.24, 2.45) is 0 Å². The summed E-state index contributed by atoms with van der Waals surface area (Å²) in [5.74, 6) is -0.0311. The van der Waals surface area contributed by atoms with Crippen LogP contribution in [0.5, 0.6) is 5.75 Å². The van der Waals surface area contributed by atoms with Gasteiger partial charge in [-0.25, -0.2) is 4.39 Å². The number of unbranched alkanes of at least 4 members (excludes halogenated alkanes) is 6. The molecule has 0 N–H and O–H groups in total. The highest BCUT2D eigenvalue weighted by molar-refractivity contribution is 5.64. The third kappa shape index (κ3) is 5.67. The Hall–Kier alpha value is -1.83. The molecule has 0 spiro atoms. The van der Waals surface area contributed by atoms with Crippen molar-refractivity contribution in [1.29, 1.82) is 0 Å². The Bertz CT molecular complexity index is 604. The van der Waals surface area contributed by atoms with Crippen LogP contribution in [0.15, 0.2) is 42.5 Å². The fourth-order valence-electron chi connectivity index (χ4n) is 3.00. The quantitative estimate of drug-likeness (QED) is 0.436. The van der Waals surface area contributed by atoms with Gasteiger partial charge in [-0.05, 0) is 41.7 Å². The molecule has 130 valence electrons. The van der Waals surface area contributed by atoms with Gasteiger partial charge in [0, 0.05) is 0 Å². The topological polar surface area (TPSA) is 9.23 Å². The van der Waals surface area contributed by atoms with Gasteiger partial charge < -0.3 is 4.74 Å². The first-order chi connectivity index (χ1) is 11.7. The molecule has 2 aromatic rings. The Balaban J connectivity index is 1.81. The van der Waals surface area contributed by atoms with E-state index in [0.717, 1.165) is 17.5 Å². The molecule has 0 saturated carbocycles. The van der Waals surface area contributed by atoms with Crippen molar-refractivity contribution in [3.8, 4) is 16.9 Å². The summed E-state index contributed by atoms with van der Waals surface area (Å²) in [4.78, 5) is 0. The van der Waals surface area contributed by atoms with E-state index in [9.17, 15) is 4.39 Å². The number of aryl methyl sites for hydroxylation is 1. The van der Waals surface area contributed by atoms with Crippen LogP contribution in [0.3, 0.4) is 0 Å². The summed E-state index contributed by atoms with van der Waals surface area (Å²) in [5.41, 5.74) is 3.29. The van der Waals surface area contributed by atoms with Crippen LogP contribution in [-0.2, 0) is 6.42 Å². The average molecular weight is 328 g/mol. The van der Waals surface area contributed by atoms with Gasteiger partial charge in [0.05, 0.1) is 7.11 Å². The molecule has 2 aromatic carbocycles. The number of halogens is 1. The largest absolute Gasteiger partial charge is 0.494 e. The van der Waals surface area contributed by atoms with Crippen molar-refractivity contribution in [2.75, 3.05) is 7.11 Å². The van der Waals surface area contributed by atoms with Gasteiger partial charge in [-0.15, -0.1) is 0 Å². The molecule has 1 nitrogen and oxygen atoms in total. The summed E-state index contributed by atoms with van der Waals surface area (Å²) < 4.78 is 18.8. The standard InChI is InChI=1S/C22H29FO/c1-3-4-5-6-7-8-9-10-18-11-13-19(14-12-18)20-15-16-22(24-2)21(23)17-20/h11-17H,3-10H2,1-2H3. The van der Waals surface area contributed by atoms with Gasteiger partial charge >= 0.3 is 0 Å². The number of methoxy groups -OCH3 is 1. The molecule has 0 radical (unpaired) electrons. The molecule has 0 heterocycles. The average Bonchev–Trinajstić information content (AvgIpc) is 2.61. The highest BCUT2D eigenvalue weighted by Gasteiger charge is 2.05. The van der Waals surface area contributed by atoms with Gasteiger partial charge in [0.15, 0.2) is 11.6 Å². The fraction of sp³-hybridized carbons (Fsp3) is 0.455. The predicted octanol–water partition coefficient (Wildman–Crippen LogP) is 6.79. The molecular weight excluding hydrogens is 299 g/mol. The van der Waals surface area contributed by atoms with E-state index >= 15 is 0 Å². The monoisotopic (exact) mass is 328 g/mol. The molecule has 0 aliphatic heterocycles. The van der Waals surface area contributed by atoms with Crippen LogP contribution in [0, 0.1) is 5.82 Å². The number of ether oxygens (including phenoxy) is 1. The van der Waals surface area contributed by atoms with E-state index in [2.05, 4.69) is 31.2 Å². The Labute approximate surface area is 145 Å². The maximum absolute atomic E-state index is 13.8. The molecule has 0 atom stereocenters. The van der Waals surface area contributed by atoms with Crippen molar-refractivity contribution >= 4 is 0 Å². The van der Waals surface area contributed by atoms with Crippen LogP contribution in [0.4, 0.5) is 4.39 Å². The van der Waals surface area contributed by atoms with Gasteiger partial charge in [-0.2, -0.15) is 0 Å². The van der Waals surface area contributed by atoms with E-state index in [1.807, 2.05) is 6.07 Å². The summed E-state index contributed by atoms with van der Waals surface area (Å²) in [6, 6.07) is 13.6. The summed E-state index contributed by atoms with van der Waals surface area (Å²) in [5, 5.41) is 0. The van der Waals surface area contributed by atoms with Gasteiger partial charge in [0.1, 0.15) is 0 Å². The summed E-state index contributed by atoms with van der Waals surface area (Å²) in [7, 11) is 1.48. The minimum atomic E-state index is -0.317. The van der Waals surface area contributed by atoms with Crippen molar-refractivity contribution in [2.45, 2.75) is 58.3 Å². The van der Waals surface area contributed by atoms with Crippen LogP contribution >= 0.6 is 0 Å². The third-order valence-corrected chi connectivity index (χ3v) is 4.51. The Morgan fingerprint density at radius 3 is 2.04 bits per heavy atom. The molecule has 0 saturated heterocycles. The first-order valence-corrected chi connectivity index (χ1v) is 9.17. The maximum atomic E-state index is 13.8. The van der Waals surface area contributed by atoms with Crippen molar-refractivity contribution < 1.29 is 9.13 Å². The van der Waals surface area contributed by atoms with Gasteiger partial charge in [-0.1, -0.05) is 75.8 Å². The lowest BCUT2D eigenvalue weighted by Gasteiger charge is -2.07. The molecule has 24 heavy (non-hydrogen) atoms. The molecule has 2 rings (SSSR count). The smallest absolute Gasteiger partial charge is 0.165 e. The molecular formula is C22H29FO. The van der Waals surface area contributed by atoms with E-state index in [1.54, 1.807) is 6.07 Å². The molecule has 0 amide bonds. The molecule has 0 fully saturated rings. The maximum Gasteiger partial charge on any atom is 0.165 e. The number of hydrogen-bond donors (Lipinski definition) is 0. The van der Waals surface area contributed by atoms with Crippen molar-refractivity contribution in [1.82, 2.24) is 0 Å². The lowest BCUT2D eigenvalue weighted by Crippen LogP contribution is -1.89. The summed E-state index contributed by atoms with van der Waals surface area (Å²) in [6.07, 6.45) is 10.5. The minimum Gasteiger partial charge on any atom is -0.494 e. The van der Waals surface area contributed by atoms with E-state index in [-0.39, 0.29) is 11.6 Å². The molecule has 2 heteroatoms. The predicted molar refractivity (Wildman–Crippen MR) is 100 cm³/mol. The van der Waals surface area contributed by atoms with Gasteiger partial charge in [0.25, 0.3) is 0 Å². The highest BCUT2D eigenvalue weighted by atomic mass is 19.1.